The maximum atomic E-state index is 11.7. The molecule has 19 heavy (non-hydrogen) atoms. The monoisotopic (exact) mass is 265 g/mol. The quantitative estimate of drug-likeness (QED) is 0.722. The second-order valence-electron chi connectivity index (χ2n) is 4.09. The lowest BCUT2D eigenvalue weighted by Crippen LogP contribution is -2.37. The molecule has 0 saturated heterocycles. The Balaban J connectivity index is 2.30. The SMILES string of the molecule is CNC(=O)CN(C)C(=O)CCOc1ccc(N)cc1. The van der Waals surface area contributed by atoms with E-state index in [1.54, 1.807) is 31.3 Å². The van der Waals surface area contributed by atoms with E-state index in [1.807, 2.05) is 0 Å². The Morgan fingerprint density at radius 1 is 1.32 bits per heavy atom. The van der Waals surface area contributed by atoms with E-state index in [4.69, 9.17) is 10.5 Å². The van der Waals surface area contributed by atoms with Crippen molar-refractivity contribution in [1.82, 2.24) is 10.2 Å². The van der Waals surface area contributed by atoms with E-state index < -0.39 is 0 Å². The van der Waals surface area contributed by atoms with Gasteiger partial charge in [-0.05, 0) is 24.3 Å². The van der Waals surface area contributed by atoms with E-state index in [2.05, 4.69) is 5.32 Å². The largest absolute Gasteiger partial charge is 0.493 e. The summed E-state index contributed by atoms with van der Waals surface area (Å²) in [5, 5.41) is 2.46. The second-order valence-corrected chi connectivity index (χ2v) is 4.09. The van der Waals surface area contributed by atoms with Crippen molar-refractivity contribution in [2.24, 2.45) is 0 Å². The number of hydrogen-bond donors (Lipinski definition) is 2. The van der Waals surface area contributed by atoms with Gasteiger partial charge in [0.15, 0.2) is 0 Å². The van der Waals surface area contributed by atoms with Gasteiger partial charge in [-0.3, -0.25) is 9.59 Å². The number of benzene rings is 1. The number of rotatable bonds is 6. The van der Waals surface area contributed by atoms with Crippen LogP contribution in [0.4, 0.5) is 5.69 Å². The summed E-state index contributed by atoms with van der Waals surface area (Å²) in [7, 11) is 3.12. The van der Waals surface area contributed by atoms with E-state index in [0.29, 0.717) is 11.4 Å². The minimum Gasteiger partial charge on any atom is -0.493 e. The van der Waals surface area contributed by atoms with Crippen LogP contribution in [0.1, 0.15) is 6.42 Å². The molecule has 6 nitrogen and oxygen atoms in total. The molecule has 0 heterocycles. The molecular formula is C13H19N3O3. The highest BCUT2D eigenvalue weighted by Crippen LogP contribution is 2.13. The van der Waals surface area contributed by atoms with E-state index >= 15 is 0 Å². The Labute approximate surface area is 112 Å². The Morgan fingerprint density at radius 3 is 2.53 bits per heavy atom. The number of nitrogen functional groups attached to an aromatic ring is 1. The Hall–Kier alpha value is -2.24. The van der Waals surface area contributed by atoms with Crippen LogP contribution in [0, 0.1) is 0 Å². The van der Waals surface area contributed by atoms with Gasteiger partial charge in [0, 0.05) is 19.8 Å². The number of amides is 2. The van der Waals surface area contributed by atoms with Gasteiger partial charge < -0.3 is 20.7 Å². The molecule has 0 fully saturated rings. The first-order valence-corrected chi connectivity index (χ1v) is 5.96. The highest BCUT2D eigenvalue weighted by Gasteiger charge is 2.11. The number of hydrogen-bond acceptors (Lipinski definition) is 4. The molecule has 1 aromatic rings. The third-order valence-electron chi connectivity index (χ3n) is 2.55. The average Bonchev–Trinajstić information content (AvgIpc) is 2.40. The summed E-state index contributed by atoms with van der Waals surface area (Å²) in [5.74, 6) is 0.324. The zero-order chi connectivity index (χ0) is 14.3. The minimum absolute atomic E-state index is 0.0528. The molecule has 0 aliphatic rings. The average molecular weight is 265 g/mol. The molecule has 0 unspecified atom stereocenters. The van der Waals surface area contributed by atoms with E-state index in [-0.39, 0.29) is 31.4 Å². The van der Waals surface area contributed by atoms with Gasteiger partial charge in [-0.2, -0.15) is 0 Å². The number of carbonyl (C=O) groups excluding carboxylic acids is 2. The fourth-order valence-electron chi connectivity index (χ4n) is 1.39. The maximum absolute atomic E-state index is 11.7. The fourth-order valence-corrected chi connectivity index (χ4v) is 1.39. The van der Waals surface area contributed by atoms with Crippen LogP contribution in [0.25, 0.3) is 0 Å². The van der Waals surface area contributed by atoms with E-state index in [1.165, 1.54) is 11.9 Å². The van der Waals surface area contributed by atoms with Crippen LogP contribution in [0.3, 0.4) is 0 Å². The van der Waals surface area contributed by atoms with E-state index in [9.17, 15) is 9.59 Å². The summed E-state index contributed by atoms with van der Waals surface area (Å²) < 4.78 is 5.41. The molecule has 3 N–H and O–H groups in total. The van der Waals surface area contributed by atoms with Crippen LogP contribution in [0.15, 0.2) is 24.3 Å². The van der Waals surface area contributed by atoms with Gasteiger partial charge in [0.25, 0.3) is 0 Å². The van der Waals surface area contributed by atoms with Gasteiger partial charge in [0.1, 0.15) is 5.75 Å². The lowest BCUT2D eigenvalue weighted by atomic mass is 10.3. The van der Waals surface area contributed by atoms with Crippen molar-refractivity contribution in [1.29, 1.82) is 0 Å². The predicted molar refractivity (Wildman–Crippen MR) is 72.7 cm³/mol. The number of carbonyl (C=O) groups is 2. The standard InChI is InChI=1S/C13H19N3O3/c1-15-12(17)9-16(2)13(18)7-8-19-11-5-3-10(14)4-6-11/h3-6H,7-9,14H2,1-2H3,(H,15,17). The van der Waals surface area contributed by atoms with Crippen LogP contribution >= 0.6 is 0 Å². The van der Waals surface area contributed by atoms with Gasteiger partial charge in [0.05, 0.1) is 19.6 Å². The first-order chi connectivity index (χ1) is 9.02. The zero-order valence-electron chi connectivity index (χ0n) is 11.2. The Bertz CT molecular complexity index is 431. The van der Waals surface area contributed by atoms with Gasteiger partial charge in [-0.1, -0.05) is 0 Å². The fraction of sp³-hybridized carbons (Fsp3) is 0.385. The van der Waals surface area contributed by atoms with Crippen molar-refractivity contribution < 1.29 is 14.3 Å². The van der Waals surface area contributed by atoms with Gasteiger partial charge in [0.2, 0.25) is 11.8 Å². The molecule has 6 heteroatoms. The molecule has 0 aliphatic carbocycles. The summed E-state index contributed by atoms with van der Waals surface area (Å²) in [6.45, 7) is 0.317. The molecule has 2 amide bonds. The Morgan fingerprint density at radius 2 is 1.95 bits per heavy atom. The van der Waals surface area contributed by atoms with E-state index in [0.717, 1.165) is 0 Å². The normalized spacial score (nSPS) is 9.79. The third kappa shape index (κ3) is 5.29. The van der Waals surface area contributed by atoms with Gasteiger partial charge in [-0.15, -0.1) is 0 Å². The summed E-state index contributed by atoms with van der Waals surface area (Å²) in [5.41, 5.74) is 6.21. The van der Waals surface area contributed by atoms with Crippen LogP contribution in [-0.4, -0.2) is 44.0 Å². The van der Waals surface area contributed by atoms with Crippen LogP contribution in [0.2, 0.25) is 0 Å². The molecule has 0 bridgehead atoms. The van der Waals surface area contributed by atoms with Crippen molar-refractivity contribution in [3.63, 3.8) is 0 Å². The zero-order valence-corrected chi connectivity index (χ0v) is 11.2. The lowest BCUT2D eigenvalue weighted by molar-refractivity contribution is -0.134. The summed E-state index contributed by atoms with van der Waals surface area (Å²) in [4.78, 5) is 24.2. The molecule has 0 spiro atoms. The molecule has 0 atom stereocenters. The Kier molecular flexibility index (Phi) is 5.66. The molecule has 0 radical (unpaired) electrons. The maximum Gasteiger partial charge on any atom is 0.239 e. The summed E-state index contributed by atoms with van der Waals surface area (Å²) in [6.07, 6.45) is 0.220. The number of ether oxygens (including phenoxy) is 1. The minimum atomic E-state index is -0.199. The third-order valence-corrected chi connectivity index (χ3v) is 2.55. The molecule has 1 rings (SSSR count). The molecule has 0 saturated carbocycles. The first kappa shape index (κ1) is 14.8. The number of nitrogens with two attached hydrogens (primary N) is 1. The smallest absolute Gasteiger partial charge is 0.239 e. The molecular weight excluding hydrogens is 246 g/mol. The van der Waals surface area contributed by atoms with Gasteiger partial charge in [-0.25, -0.2) is 0 Å². The number of nitrogens with one attached hydrogen (secondary N) is 1. The van der Waals surface area contributed by atoms with Crippen molar-refractivity contribution in [2.45, 2.75) is 6.42 Å². The molecule has 1 aromatic carbocycles. The summed E-state index contributed by atoms with van der Waals surface area (Å²) >= 11 is 0. The molecule has 0 aromatic heterocycles. The van der Waals surface area contributed by atoms with Crippen molar-refractivity contribution in [2.75, 3.05) is 33.0 Å². The predicted octanol–water partition coefficient (Wildman–Crippen LogP) is 0.242. The number of nitrogens with zero attached hydrogens (tertiary/aromatic N) is 1. The summed E-state index contributed by atoms with van der Waals surface area (Å²) in [6, 6.07) is 6.95. The van der Waals surface area contributed by atoms with Crippen molar-refractivity contribution in [3.8, 4) is 5.75 Å². The highest BCUT2D eigenvalue weighted by atomic mass is 16.5. The molecule has 0 aliphatic heterocycles. The van der Waals surface area contributed by atoms with Crippen molar-refractivity contribution >= 4 is 17.5 Å². The number of anilines is 1. The topological polar surface area (TPSA) is 84.7 Å². The number of likely N-dealkylation sites (N-methyl/N-ethyl adjacent to an activating group) is 2. The second kappa shape index (κ2) is 7.25. The van der Waals surface area contributed by atoms with Crippen molar-refractivity contribution in [3.05, 3.63) is 24.3 Å². The lowest BCUT2D eigenvalue weighted by Gasteiger charge is -2.16. The van der Waals surface area contributed by atoms with Gasteiger partial charge >= 0.3 is 0 Å². The van der Waals surface area contributed by atoms with Crippen LogP contribution in [-0.2, 0) is 9.59 Å². The highest BCUT2D eigenvalue weighted by molar-refractivity contribution is 5.84. The first-order valence-electron chi connectivity index (χ1n) is 5.96. The van der Waals surface area contributed by atoms with Crippen LogP contribution in [0.5, 0.6) is 5.75 Å². The van der Waals surface area contributed by atoms with Crippen LogP contribution < -0.4 is 15.8 Å². The molecule has 104 valence electrons.